The summed E-state index contributed by atoms with van der Waals surface area (Å²) in [6, 6.07) is 63.5. The summed E-state index contributed by atoms with van der Waals surface area (Å²) in [5, 5.41) is 9.64. The van der Waals surface area contributed by atoms with E-state index >= 15 is 0 Å². The minimum Gasteiger partial charge on any atom is -0.454 e. The number of rotatable bonds is 4. The lowest BCUT2D eigenvalue weighted by Crippen LogP contribution is -2.36. The molecule has 1 aliphatic heterocycles. The molecule has 0 saturated heterocycles. The lowest BCUT2D eigenvalue weighted by molar-refractivity contribution is 0.560. The van der Waals surface area contributed by atoms with Crippen LogP contribution in [0.25, 0.3) is 86.3 Å². The zero-order valence-electron chi connectivity index (χ0n) is 30.6. The monoisotopic (exact) mass is 734 g/mol. The van der Waals surface area contributed by atoms with Crippen molar-refractivity contribution in [2.24, 2.45) is 10.9 Å². The molecule has 0 spiro atoms. The summed E-state index contributed by atoms with van der Waals surface area (Å²) in [6.07, 6.45) is 0. The Morgan fingerprint density at radius 2 is 1.25 bits per heavy atom. The summed E-state index contributed by atoms with van der Waals surface area (Å²) in [5.74, 6) is 0.118. The highest BCUT2D eigenvalue weighted by molar-refractivity contribution is 7.26. The van der Waals surface area contributed by atoms with Crippen molar-refractivity contribution in [3.63, 3.8) is 0 Å². The third kappa shape index (κ3) is 4.54. The van der Waals surface area contributed by atoms with Crippen molar-refractivity contribution in [3.05, 3.63) is 198 Å². The highest BCUT2D eigenvalue weighted by Gasteiger charge is 2.30. The quantitative estimate of drug-likeness (QED) is 0.177. The van der Waals surface area contributed by atoms with Crippen molar-refractivity contribution in [1.29, 1.82) is 0 Å². The molecule has 12 rings (SSSR count). The van der Waals surface area contributed by atoms with Crippen molar-refractivity contribution in [2.45, 2.75) is 13.0 Å². The molecule has 0 N–H and O–H groups in total. The first kappa shape index (κ1) is 31.6. The van der Waals surface area contributed by atoms with Gasteiger partial charge in [0.05, 0.1) is 28.1 Å². The number of hydrogen-bond acceptors (Lipinski definition) is 3. The molecule has 56 heavy (non-hydrogen) atoms. The first-order chi connectivity index (χ1) is 27.7. The van der Waals surface area contributed by atoms with Gasteiger partial charge in [0, 0.05) is 52.9 Å². The van der Waals surface area contributed by atoms with Gasteiger partial charge in [0.1, 0.15) is 5.58 Å². The molecular formula is C52H34N2OS. The van der Waals surface area contributed by atoms with Gasteiger partial charge >= 0.3 is 0 Å². The number of nitrogens with zero attached hydrogens (tertiary/aromatic N) is 2. The third-order valence-corrected chi connectivity index (χ3v) is 13.2. The van der Waals surface area contributed by atoms with Gasteiger partial charge in [0.15, 0.2) is 5.58 Å². The summed E-state index contributed by atoms with van der Waals surface area (Å²) in [6.45, 7) is 2.34. The SMILES string of the molecule is C[C@H]1C(c2ccc(-c3ccccc3)cc2)=c2ccccc2=NC1c1cccc2oc3c(-n4c5ccccc5c5c6sc7ccccc7c6ccc54)cccc3c12. The number of fused-ring (bicyclic) bond motifs is 11. The second-order valence-electron chi connectivity index (χ2n) is 15.0. The van der Waals surface area contributed by atoms with Gasteiger partial charge in [-0.15, -0.1) is 11.3 Å². The largest absolute Gasteiger partial charge is 0.454 e. The molecule has 4 heterocycles. The lowest BCUT2D eigenvalue weighted by Gasteiger charge is -2.28. The highest BCUT2D eigenvalue weighted by atomic mass is 32.1. The van der Waals surface area contributed by atoms with Crippen molar-refractivity contribution < 1.29 is 4.42 Å². The average molecular weight is 735 g/mol. The van der Waals surface area contributed by atoms with E-state index in [4.69, 9.17) is 9.41 Å². The van der Waals surface area contributed by atoms with Gasteiger partial charge in [0.2, 0.25) is 0 Å². The predicted molar refractivity (Wildman–Crippen MR) is 234 cm³/mol. The van der Waals surface area contributed by atoms with Crippen LogP contribution in [0.3, 0.4) is 0 Å². The Kier molecular flexibility index (Phi) is 6.84. The van der Waals surface area contributed by atoms with E-state index in [0.717, 1.165) is 33.0 Å². The van der Waals surface area contributed by atoms with Gasteiger partial charge in [-0.05, 0) is 64.2 Å². The lowest BCUT2D eigenvalue weighted by atomic mass is 9.80. The molecule has 1 aliphatic rings. The minimum atomic E-state index is -0.101. The fourth-order valence-electron chi connectivity index (χ4n) is 9.49. The summed E-state index contributed by atoms with van der Waals surface area (Å²) >= 11 is 1.88. The molecule has 3 aromatic heterocycles. The molecule has 0 aliphatic carbocycles. The molecule has 0 bridgehead atoms. The molecule has 3 nitrogen and oxygen atoms in total. The molecule has 0 radical (unpaired) electrons. The van der Waals surface area contributed by atoms with Crippen molar-refractivity contribution in [2.75, 3.05) is 0 Å². The third-order valence-electron chi connectivity index (χ3n) is 12.0. The molecule has 1 unspecified atom stereocenters. The summed E-state index contributed by atoms with van der Waals surface area (Å²) < 4.78 is 12.0. The number of thiophene rings is 1. The van der Waals surface area contributed by atoms with E-state index in [1.165, 1.54) is 75.0 Å². The van der Waals surface area contributed by atoms with E-state index in [-0.39, 0.29) is 12.0 Å². The number of hydrogen-bond donors (Lipinski definition) is 0. The van der Waals surface area contributed by atoms with Crippen LogP contribution < -0.4 is 10.6 Å². The fourth-order valence-corrected chi connectivity index (χ4v) is 10.7. The Labute approximate surface area is 326 Å². The molecule has 0 saturated carbocycles. The first-order valence-corrected chi connectivity index (χ1v) is 20.1. The van der Waals surface area contributed by atoms with Gasteiger partial charge in [-0.25, -0.2) is 0 Å². The van der Waals surface area contributed by atoms with E-state index in [0.29, 0.717) is 0 Å². The Hall–Kier alpha value is -6.75. The Balaban J connectivity index is 1.05. The number of furan rings is 1. The van der Waals surface area contributed by atoms with Crippen molar-refractivity contribution in [1.82, 2.24) is 4.57 Å². The number of para-hydroxylation sites is 3. The smallest absolute Gasteiger partial charge is 0.159 e. The van der Waals surface area contributed by atoms with Crippen LogP contribution in [0.1, 0.15) is 24.1 Å². The van der Waals surface area contributed by atoms with Crippen LogP contribution in [0.5, 0.6) is 0 Å². The van der Waals surface area contributed by atoms with Crippen LogP contribution in [0.15, 0.2) is 185 Å². The topological polar surface area (TPSA) is 30.4 Å². The van der Waals surface area contributed by atoms with Crippen LogP contribution >= 0.6 is 11.3 Å². The van der Waals surface area contributed by atoms with Crippen LogP contribution in [0.4, 0.5) is 0 Å². The van der Waals surface area contributed by atoms with Crippen LogP contribution in [-0.2, 0) is 0 Å². The van der Waals surface area contributed by atoms with Gasteiger partial charge in [-0.3, -0.25) is 4.99 Å². The van der Waals surface area contributed by atoms with E-state index in [1.54, 1.807) is 0 Å². The molecule has 11 aromatic rings. The summed E-state index contributed by atoms with van der Waals surface area (Å²) in [4.78, 5) is 5.51. The number of aromatic nitrogens is 1. The molecular weight excluding hydrogens is 701 g/mol. The number of benzene rings is 8. The fraction of sp³-hybridized carbons (Fsp3) is 0.0577. The van der Waals surface area contributed by atoms with Gasteiger partial charge in [-0.2, -0.15) is 0 Å². The second-order valence-corrected chi connectivity index (χ2v) is 16.1. The van der Waals surface area contributed by atoms with Crippen LogP contribution in [0.2, 0.25) is 0 Å². The van der Waals surface area contributed by atoms with Crippen molar-refractivity contribution in [3.8, 4) is 16.8 Å². The van der Waals surface area contributed by atoms with Gasteiger partial charge in [-0.1, -0.05) is 146 Å². The molecule has 8 aromatic carbocycles. The van der Waals surface area contributed by atoms with Crippen LogP contribution in [-0.4, -0.2) is 4.57 Å². The zero-order chi connectivity index (χ0) is 36.9. The summed E-state index contributed by atoms with van der Waals surface area (Å²) in [5.41, 5.74) is 11.4. The maximum atomic E-state index is 6.98. The maximum absolute atomic E-state index is 6.98. The molecule has 264 valence electrons. The normalized spacial score (nSPS) is 15.7. The van der Waals surface area contributed by atoms with Gasteiger partial charge in [0.25, 0.3) is 0 Å². The minimum absolute atomic E-state index is 0.101. The summed E-state index contributed by atoms with van der Waals surface area (Å²) in [7, 11) is 0. The van der Waals surface area contributed by atoms with E-state index in [9.17, 15) is 0 Å². The molecule has 0 fully saturated rings. The Morgan fingerprint density at radius 3 is 2.14 bits per heavy atom. The molecule has 4 heteroatoms. The first-order valence-electron chi connectivity index (χ1n) is 19.3. The second kappa shape index (κ2) is 12.1. The van der Waals surface area contributed by atoms with E-state index < -0.39 is 0 Å². The average Bonchev–Trinajstić information content (AvgIpc) is 3.94. The molecule has 2 atom stereocenters. The Bertz CT molecular complexity index is 3500. The standard InChI is InChI=1S/C52H34N2OS/c1-31-47(34-27-25-33(26-28-34)32-13-3-2-4-14-32)37-16-5-8-20-41(37)53-50(31)39-18-12-23-45-48(39)40-19-11-22-44(51(40)55-45)54-42-21-9-6-17-38(42)49-43(54)30-29-36-35-15-7-10-24-46(35)56-52(36)49/h2-31,50H,1H3/t31-,50?/m0/s1. The van der Waals surface area contributed by atoms with Gasteiger partial charge < -0.3 is 8.98 Å². The molecule has 0 amide bonds. The predicted octanol–water partition coefficient (Wildman–Crippen LogP) is 12.9. The van der Waals surface area contributed by atoms with E-state index in [2.05, 4.69) is 187 Å². The highest BCUT2D eigenvalue weighted by Crippen LogP contribution is 2.46. The Morgan fingerprint density at radius 1 is 0.536 bits per heavy atom. The maximum Gasteiger partial charge on any atom is 0.159 e. The van der Waals surface area contributed by atoms with Crippen LogP contribution in [0, 0.1) is 5.92 Å². The van der Waals surface area contributed by atoms with E-state index in [1.807, 2.05) is 11.3 Å². The zero-order valence-corrected chi connectivity index (χ0v) is 31.4. The van der Waals surface area contributed by atoms with Crippen molar-refractivity contribution >= 4 is 80.8 Å².